The third-order valence-corrected chi connectivity index (χ3v) is 4.48. The van der Waals surface area contributed by atoms with Gasteiger partial charge in [0.1, 0.15) is 11.1 Å². The molecule has 18 heavy (non-hydrogen) atoms. The topological polar surface area (TPSA) is 89.3 Å². The third kappa shape index (κ3) is 2.02. The highest BCUT2D eigenvalue weighted by Gasteiger charge is 2.25. The van der Waals surface area contributed by atoms with Gasteiger partial charge in [-0.2, -0.15) is 9.61 Å². The molecular weight excluding hydrogens is 250 g/mol. The Bertz CT molecular complexity index is 531. The number of hydrogen-bond donors (Lipinski definition) is 2. The van der Waals surface area contributed by atoms with E-state index in [0.717, 1.165) is 10.8 Å². The van der Waals surface area contributed by atoms with Crippen LogP contribution in [0.5, 0.6) is 0 Å². The van der Waals surface area contributed by atoms with E-state index >= 15 is 0 Å². The van der Waals surface area contributed by atoms with Gasteiger partial charge in [-0.1, -0.05) is 24.2 Å². The molecule has 0 amide bonds. The second-order valence-electron chi connectivity index (χ2n) is 4.77. The molecule has 3 rings (SSSR count). The third-order valence-electron chi connectivity index (χ3n) is 3.48. The van der Waals surface area contributed by atoms with Crippen LogP contribution in [0.3, 0.4) is 0 Å². The van der Waals surface area contributed by atoms with Crippen LogP contribution >= 0.6 is 11.3 Å². The summed E-state index contributed by atoms with van der Waals surface area (Å²) in [6.45, 7) is 0.455. The van der Waals surface area contributed by atoms with Gasteiger partial charge in [-0.15, -0.1) is 10.2 Å². The van der Waals surface area contributed by atoms with Crippen LogP contribution in [-0.4, -0.2) is 31.5 Å². The van der Waals surface area contributed by atoms with Gasteiger partial charge in [0.15, 0.2) is 5.82 Å². The lowest BCUT2D eigenvalue weighted by molar-refractivity contribution is 0.168. The van der Waals surface area contributed by atoms with E-state index in [2.05, 4.69) is 15.3 Å². The van der Waals surface area contributed by atoms with Crippen molar-refractivity contribution in [2.24, 2.45) is 5.73 Å². The molecule has 98 valence electrons. The van der Waals surface area contributed by atoms with Crippen molar-refractivity contribution in [2.45, 2.75) is 44.1 Å². The van der Waals surface area contributed by atoms with E-state index < -0.39 is 6.10 Å². The number of aromatic nitrogens is 4. The molecule has 0 radical (unpaired) electrons. The summed E-state index contributed by atoms with van der Waals surface area (Å²) >= 11 is 1.40. The Morgan fingerprint density at radius 2 is 2.17 bits per heavy atom. The van der Waals surface area contributed by atoms with Gasteiger partial charge in [-0.3, -0.25) is 0 Å². The first-order valence-electron chi connectivity index (χ1n) is 6.39. The van der Waals surface area contributed by atoms with Gasteiger partial charge in [0.25, 0.3) is 0 Å². The number of nitrogens with two attached hydrogens (primary N) is 1. The summed E-state index contributed by atoms with van der Waals surface area (Å²) in [7, 11) is 0. The Labute approximate surface area is 109 Å². The second-order valence-corrected chi connectivity index (χ2v) is 5.75. The van der Waals surface area contributed by atoms with Crippen molar-refractivity contribution >= 4 is 16.3 Å². The van der Waals surface area contributed by atoms with E-state index in [1.807, 2.05) is 0 Å². The Balaban J connectivity index is 1.92. The Morgan fingerprint density at radius 3 is 2.89 bits per heavy atom. The van der Waals surface area contributed by atoms with Crippen molar-refractivity contribution < 1.29 is 5.11 Å². The molecule has 0 saturated heterocycles. The van der Waals surface area contributed by atoms with Crippen LogP contribution in [0.2, 0.25) is 0 Å². The predicted octanol–water partition coefficient (Wildman–Crippen LogP) is 1.23. The predicted molar refractivity (Wildman–Crippen MR) is 68.5 cm³/mol. The average molecular weight is 267 g/mol. The van der Waals surface area contributed by atoms with Crippen LogP contribution in [0.4, 0.5) is 0 Å². The van der Waals surface area contributed by atoms with Crippen molar-refractivity contribution in [1.82, 2.24) is 19.8 Å². The molecule has 1 saturated carbocycles. The first kappa shape index (κ1) is 12.0. The number of hydrogen-bond acceptors (Lipinski definition) is 6. The van der Waals surface area contributed by atoms with Gasteiger partial charge in [0, 0.05) is 5.92 Å². The maximum atomic E-state index is 9.90. The van der Waals surface area contributed by atoms with Gasteiger partial charge in [-0.05, 0) is 25.8 Å². The summed E-state index contributed by atoms with van der Waals surface area (Å²) in [6.07, 6.45) is 4.79. The van der Waals surface area contributed by atoms with Gasteiger partial charge in [-0.25, -0.2) is 0 Å². The molecule has 1 unspecified atom stereocenters. The summed E-state index contributed by atoms with van der Waals surface area (Å²) in [4.78, 5) is 0.767. The normalized spacial score (nSPS) is 18.8. The molecular formula is C11H17N5OS. The molecule has 1 aliphatic rings. The minimum absolute atomic E-state index is 0.455. The van der Waals surface area contributed by atoms with Crippen molar-refractivity contribution in [3.63, 3.8) is 0 Å². The molecule has 7 heteroatoms. The highest BCUT2D eigenvalue weighted by molar-refractivity contribution is 7.16. The fourth-order valence-electron chi connectivity index (χ4n) is 2.50. The molecule has 1 aliphatic carbocycles. The Morgan fingerprint density at radius 1 is 1.39 bits per heavy atom. The van der Waals surface area contributed by atoms with Gasteiger partial charge in [0.2, 0.25) is 4.96 Å². The van der Waals surface area contributed by atoms with Gasteiger partial charge in [0.05, 0.1) is 0 Å². The standard InChI is InChI=1S/C11H17N5OS/c12-6-5-8(17)10-15-16-9(7-3-1-2-4-7)13-14-11(16)18-10/h7-8,17H,1-6,12H2. The molecule has 2 aromatic heterocycles. The molecule has 2 heterocycles. The van der Waals surface area contributed by atoms with Crippen LogP contribution < -0.4 is 5.73 Å². The lowest BCUT2D eigenvalue weighted by Gasteiger charge is -2.05. The van der Waals surface area contributed by atoms with Crippen LogP contribution in [0.25, 0.3) is 4.96 Å². The zero-order chi connectivity index (χ0) is 12.5. The van der Waals surface area contributed by atoms with E-state index in [-0.39, 0.29) is 0 Å². The van der Waals surface area contributed by atoms with Gasteiger partial charge >= 0.3 is 0 Å². The zero-order valence-electron chi connectivity index (χ0n) is 10.1. The molecule has 0 bridgehead atoms. The highest BCUT2D eigenvalue weighted by atomic mass is 32.1. The fraction of sp³-hybridized carbons (Fsp3) is 0.727. The zero-order valence-corrected chi connectivity index (χ0v) is 10.9. The number of rotatable bonds is 4. The van der Waals surface area contributed by atoms with E-state index in [9.17, 15) is 5.11 Å². The molecule has 0 aliphatic heterocycles. The summed E-state index contributed by atoms with van der Waals surface area (Å²) in [5.74, 6) is 1.42. The van der Waals surface area contributed by atoms with Crippen molar-refractivity contribution in [2.75, 3.05) is 6.54 Å². The quantitative estimate of drug-likeness (QED) is 0.869. The molecule has 1 atom stereocenters. The molecule has 2 aromatic rings. The first-order chi connectivity index (χ1) is 8.79. The lowest BCUT2D eigenvalue weighted by atomic mass is 10.1. The SMILES string of the molecule is NCCC(O)c1nn2c(C3CCCC3)nnc2s1. The minimum Gasteiger partial charge on any atom is -0.386 e. The van der Waals surface area contributed by atoms with Crippen LogP contribution in [-0.2, 0) is 0 Å². The number of nitrogens with zero attached hydrogens (tertiary/aromatic N) is 4. The molecule has 1 fully saturated rings. The number of aliphatic hydroxyl groups excluding tert-OH is 1. The smallest absolute Gasteiger partial charge is 0.234 e. The lowest BCUT2D eigenvalue weighted by Crippen LogP contribution is -2.07. The maximum absolute atomic E-state index is 9.90. The molecule has 0 spiro atoms. The summed E-state index contributed by atoms with van der Waals surface area (Å²) in [5, 5.41) is 23.4. The van der Waals surface area contributed by atoms with E-state index in [0.29, 0.717) is 23.9 Å². The summed E-state index contributed by atoms with van der Waals surface area (Å²) < 4.78 is 1.80. The average Bonchev–Trinajstić information content (AvgIpc) is 3.04. The first-order valence-corrected chi connectivity index (χ1v) is 7.21. The van der Waals surface area contributed by atoms with E-state index in [1.54, 1.807) is 4.52 Å². The Hall–Kier alpha value is -1.05. The van der Waals surface area contributed by atoms with Gasteiger partial charge < -0.3 is 10.8 Å². The summed E-state index contributed by atoms with van der Waals surface area (Å²) in [5.41, 5.74) is 5.45. The maximum Gasteiger partial charge on any atom is 0.234 e. The van der Waals surface area contributed by atoms with E-state index in [1.165, 1.54) is 37.0 Å². The van der Waals surface area contributed by atoms with E-state index in [4.69, 9.17) is 5.73 Å². The van der Waals surface area contributed by atoms with Crippen molar-refractivity contribution in [3.05, 3.63) is 10.8 Å². The Kier molecular flexibility index (Phi) is 3.27. The number of aliphatic hydroxyl groups is 1. The summed E-state index contributed by atoms with van der Waals surface area (Å²) in [6, 6.07) is 0. The largest absolute Gasteiger partial charge is 0.386 e. The van der Waals surface area contributed by atoms with Crippen LogP contribution in [0.1, 0.15) is 55.0 Å². The van der Waals surface area contributed by atoms with Crippen LogP contribution in [0, 0.1) is 0 Å². The molecule has 0 aromatic carbocycles. The molecule has 6 nitrogen and oxygen atoms in total. The van der Waals surface area contributed by atoms with Crippen molar-refractivity contribution in [3.8, 4) is 0 Å². The highest BCUT2D eigenvalue weighted by Crippen LogP contribution is 2.34. The van der Waals surface area contributed by atoms with Crippen molar-refractivity contribution in [1.29, 1.82) is 0 Å². The molecule has 3 N–H and O–H groups in total. The second kappa shape index (κ2) is 4.91. The van der Waals surface area contributed by atoms with Crippen LogP contribution in [0.15, 0.2) is 0 Å². The fourth-order valence-corrected chi connectivity index (χ4v) is 3.37. The number of fused-ring (bicyclic) bond motifs is 1. The monoisotopic (exact) mass is 267 g/mol. The minimum atomic E-state index is -0.585.